The number of amides is 2. The predicted molar refractivity (Wildman–Crippen MR) is 80.6 cm³/mol. The number of hydrogen-bond acceptors (Lipinski definition) is 5. The zero-order chi connectivity index (χ0) is 16.5. The van der Waals surface area contributed by atoms with E-state index in [0.717, 1.165) is 0 Å². The lowest BCUT2D eigenvalue weighted by atomic mass is 10.2. The van der Waals surface area contributed by atoms with Crippen molar-refractivity contribution < 1.29 is 19.1 Å². The van der Waals surface area contributed by atoms with Gasteiger partial charge in [0.2, 0.25) is 5.96 Å². The fourth-order valence-electron chi connectivity index (χ4n) is 1.26. The summed E-state index contributed by atoms with van der Waals surface area (Å²) in [7, 11) is 0. The fraction of sp³-hybridized carbons (Fsp3) is 0.571. The van der Waals surface area contributed by atoms with Gasteiger partial charge in [-0.3, -0.25) is 5.32 Å². The first-order chi connectivity index (χ1) is 10.4. The molecular weight excluding hydrogens is 288 g/mol. The topological polar surface area (TPSA) is 94.8 Å². The normalized spacial score (nSPS) is 11.6. The van der Waals surface area contributed by atoms with E-state index in [9.17, 15) is 9.59 Å². The maximum absolute atomic E-state index is 11.7. The third-order valence-corrected chi connectivity index (χ3v) is 2.22. The van der Waals surface area contributed by atoms with Crippen molar-refractivity contribution in [3.05, 3.63) is 18.5 Å². The van der Waals surface area contributed by atoms with Crippen molar-refractivity contribution in [3.8, 4) is 0 Å². The number of rotatable bonds is 4. The molecular formula is C14H22N4O4. The van der Waals surface area contributed by atoms with Crippen LogP contribution in [0.3, 0.4) is 0 Å². The fourth-order valence-corrected chi connectivity index (χ4v) is 1.26. The van der Waals surface area contributed by atoms with Crippen LogP contribution in [-0.4, -0.2) is 41.1 Å². The van der Waals surface area contributed by atoms with Gasteiger partial charge in [-0.15, -0.1) is 4.99 Å². The van der Waals surface area contributed by atoms with E-state index in [2.05, 4.69) is 15.4 Å². The Bertz CT molecular complexity index is 509. The van der Waals surface area contributed by atoms with Gasteiger partial charge in [-0.2, -0.15) is 5.10 Å². The van der Waals surface area contributed by atoms with Crippen molar-refractivity contribution in [2.24, 2.45) is 16.8 Å². The largest absolute Gasteiger partial charge is 0.449 e. The van der Waals surface area contributed by atoms with E-state index in [1.54, 1.807) is 6.07 Å². The van der Waals surface area contributed by atoms with Crippen molar-refractivity contribution in [1.82, 2.24) is 15.1 Å². The molecule has 0 aliphatic carbocycles. The summed E-state index contributed by atoms with van der Waals surface area (Å²) in [5.41, 5.74) is 0. The molecule has 0 radical (unpaired) electrons. The molecule has 0 aromatic carbocycles. The minimum Gasteiger partial charge on any atom is -0.449 e. The maximum Gasteiger partial charge on any atom is 0.436 e. The van der Waals surface area contributed by atoms with Crippen LogP contribution in [0.25, 0.3) is 0 Å². The van der Waals surface area contributed by atoms with E-state index in [0.29, 0.717) is 0 Å². The van der Waals surface area contributed by atoms with E-state index in [1.165, 1.54) is 17.1 Å². The number of nitrogens with zero attached hydrogens (tertiary/aromatic N) is 3. The highest BCUT2D eigenvalue weighted by molar-refractivity contribution is 5.99. The quantitative estimate of drug-likeness (QED) is 0.680. The van der Waals surface area contributed by atoms with Crippen molar-refractivity contribution >= 4 is 18.1 Å². The monoisotopic (exact) mass is 310 g/mol. The molecule has 8 heteroatoms. The van der Waals surface area contributed by atoms with E-state index >= 15 is 0 Å². The molecule has 1 aromatic rings. The standard InChI is InChI=1S/C14H22N4O4/c1-10(2)8-21-13(19)16-12(18-7-5-6-15-18)17-14(20)22-9-11(3)4/h5-7,10-11H,8-9H2,1-4H3,(H,16,17,19,20). The Kier molecular flexibility index (Phi) is 7.07. The van der Waals surface area contributed by atoms with Crippen molar-refractivity contribution in [3.63, 3.8) is 0 Å². The Morgan fingerprint density at radius 3 is 2.36 bits per heavy atom. The average Bonchev–Trinajstić information content (AvgIpc) is 2.96. The number of nitrogens with one attached hydrogen (secondary N) is 1. The van der Waals surface area contributed by atoms with Gasteiger partial charge in [-0.05, 0) is 17.9 Å². The first kappa shape index (κ1) is 17.7. The van der Waals surface area contributed by atoms with E-state index < -0.39 is 12.2 Å². The van der Waals surface area contributed by atoms with Crippen LogP contribution in [-0.2, 0) is 9.47 Å². The number of ether oxygens (including phenoxy) is 2. The van der Waals surface area contributed by atoms with Gasteiger partial charge in [-0.1, -0.05) is 27.7 Å². The lowest BCUT2D eigenvalue weighted by molar-refractivity contribution is 0.137. The minimum absolute atomic E-state index is 0.0764. The zero-order valence-electron chi connectivity index (χ0n) is 13.3. The number of aliphatic imine (C=N–C) groups is 1. The van der Waals surface area contributed by atoms with Gasteiger partial charge >= 0.3 is 12.2 Å². The molecule has 0 aliphatic rings. The summed E-state index contributed by atoms with van der Waals surface area (Å²) in [6.45, 7) is 8.15. The number of carbonyl (C=O) groups excluding carboxylic acids is 2. The SMILES string of the molecule is CC(C)COC(=O)N=C(NC(=O)OCC(C)C)n1cccn1. The highest BCUT2D eigenvalue weighted by Gasteiger charge is 2.13. The second-order valence-electron chi connectivity index (χ2n) is 5.47. The van der Waals surface area contributed by atoms with Gasteiger partial charge in [0.05, 0.1) is 13.2 Å². The summed E-state index contributed by atoms with van der Waals surface area (Å²) in [5.74, 6) is 0.315. The number of carbonyl (C=O) groups is 2. The summed E-state index contributed by atoms with van der Waals surface area (Å²) >= 11 is 0. The molecule has 1 aromatic heterocycles. The molecule has 0 saturated heterocycles. The lowest BCUT2D eigenvalue weighted by Crippen LogP contribution is -2.37. The molecule has 0 spiro atoms. The van der Waals surface area contributed by atoms with Crippen LogP contribution in [0, 0.1) is 11.8 Å². The smallest absolute Gasteiger partial charge is 0.436 e. The van der Waals surface area contributed by atoms with Crippen molar-refractivity contribution in [2.75, 3.05) is 13.2 Å². The third-order valence-electron chi connectivity index (χ3n) is 2.22. The summed E-state index contributed by atoms with van der Waals surface area (Å²) in [5, 5.41) is 6.30. The van der Waals surface area contributed by atoms with Crippen LogP contribution in [0.4, 0.5) is 9.59 Å². The van der Waals surface area contributed by atoms with Crippen LogP contribution >= 0.6 is 0 Å². The Morgan fingerprint density at radius 1 is 1.18 bits per heavy atom. The molecule has 0 unspecified atom stereocenters. The van der Waals surface area contributed by atoms with Crippen molar-refractivity contribution in [1.29, 1.82) is 0 Å². The molecule has 1 N–H and O–H groups in total. The highest BCUT2D eigenvalue weighted by Crippen LogP contribution is 1.97. The lowest BCUT2D eigenvalue weighted by Gasteiger charge is -2.11. The van der Waals surface area contributed by atoms with Gasteiger partial charge < -0.3 is 9.47 Å². The van der Waals surface area contributed by atoms with E-state index in [4.69, 9.17) is 9.47 Å². The third kappa shape index (κ3) is 6.87. The summed E-state index contributed by atoms with van der Waals surface area (Å²) < 4.78 is 11.2. The van der Waals surface area contributed by atoms with Gasteiger partial charge in [0.15, 0.2) is 0 Å². The van der Waals surface area contributed by atoms with Crippen LogP contribution in [0.15, 0.2) is 23.5 Å². The minimum atomic E-state index is -0.802. The molecule has 8 nitrogen and oxygen atoms in total. The molecule has 2 amide bonds. The first-order valence-corrected chi connectivity index (χ1v) is 7.07. The Hall–Kier alpha value is -2.38. The van der Waals surface area contributed by atoms with Crippen LogP contribution in [0.5, 0.6) is 0 Å². The van der Waals surface area contributed by atoms with Crippen LogP contribution in [0.1, 0.15) is 27.7 Å². The molecule has 0 atom stereocenters. The van der Waals surface area contributed by atoms with Crippen LogP contribution < -0.4 is 5.32 Å². The van der Waals surface area contributed by atoms with Gasteiger partial charge in [-0.25, -0.2) is 14.3 Å². The molecule has 0 saturated carbocycles. The van der Waals surface area contributed by atoms with E-state index in [1.807, 2.05) is 27.7 Å². The summed E-state index contributed by atoms with van der Waals surface area (Å²) in [4.78, 5) is 27.1. The molecule has 0 fully saturated rings. The predicted octanol–water partition coefficient (Wildman–Crippen LogP) is 2.26. The number of alkyl carbamates (subject to hydrolysis) is 1. The molecule has 0 bridgehead atoms. The Morgan fingerprint density at radius 2 is 1.82 bits per heavy atom. The van der Waals surface area contributed by atoms with Gasteiger partial charge in [0.1, 0.15) is 0 Å². The van der Waals surface area contributed by atoms with Gasteiger partial charge in [0.25, 0.3) is 0 Å². The van der Waals surface area contributed by atoms with Crippen LogP contribution in [0.2, 0.25) is 0 Å². The van der Waals surface area contributed by atoms with E-state index in [-0.39, 0.29) is 31.0 Å². The first-order valence-electron chi connectivity index (χ1n) is 7.07. The average molecular weight is 310 g/mol. The van der Waals surface area contributed by atoms with Gasteiger partial charge in [0, 0.05) is 12.4 Å². The zero-order valence-corrected chi connectivity index (χ0v) is 13.3. The second kappa shape index (κ2) is 8.81. The summed E-state index contributed by atoms with van der Waals surface area (Å²) in [6.07, 6.45) is 1.52. The molecule has 1 rings (SSSR count). The molecule has 0 aliphatic heterocycles. The number of aromatic nitrogens is 2. The Balaban J connectivity index is 2.72. The number of hydrogen-bond donors (Lipinski definition) is 1. The Labute approximate surface area is 129 Å². The second-order valence-corrected chi connectivity index (χ2v) is 5.47. The highest BCUT2D eigenvalue weighted by atomic mass is 16.6. The molecule has 122 valence electrons. The molecule has 22 heavy (non-hydrogen) atoms. The molecule has 1 heterocycles. The maximum atomic E-state index is 11.7. The summed E-state index contributed by atoms with van der Waals surface area (Å²) in [6, 6.07) is 1.64. The van der Waals surface area contributed by atoms with Crippen molar-refractivity contribution in [2.45, 2.75) is 27.7 Å².